The van der Waals surface area contributed by atoms with Gasteiger partial charge in [-0.25, -0.2) is 4.39 Å². The molecule has 0 aromatic heterocycles. The Balaban J connectivity index is 1.85. The Bertz CT molecular complexity index is 883. The Kier molecular flexibility index (Phi) is 8.02. The number of carbonyl (C=O) groups excluding carboxylic acids is 1. The lowest BCUT2D eigenvalue weighted by Gasteiger charge is -2.16. The van der Waals surface area contributed by atoms with Crippen LogP contribution in [0.4, 0.5) is 17.6 Å². The van der Waals surface area contributed by atoms with E-state index in [1.165, 1.54) is 7.05 Å². The molecule has 0 radical (unpaired) electrons. The van der Waals surface area contributed by atoms with E-state index < -0.39 is 23.5 Å². The summed E-state index contributed by atoms with van der Waals surface area (Å²) in [6.07, 6.45) is -4.04. The van der Waals surface area contributed by atoms with Gasteiger partial charge in [-0.2, -0.15) is 13.2 Å². The molecular formula is C20H22F4N4O2. The van der Waals surface area contributed by atoms with E-state index in [2.05, 4.69) is 15.6 Å². The topological polar surface area (TPSA) is 88.7 Å². The van der Waals surface area contributed by atoms with Gasteiger partial charge in [0.15, 0.2) is 12.6 Å². The maximum Gasteiger partial charge on any atom is 0.416 e. The van der Waals surface area contributed by atoms with Gasteiger partial charge in [-0.05, 0) is 41.8 Å². The largest absolute Gasteiger partial charge is 0.484 e. The van der Waals surface area contributed by atoms with Gasteiger partial charge < -0.3 is 21.1 Å². The Morgan fingerprint density at radius 2 is 1.83 bits per heavy atom. The van der Waals surface area contributed by atoms with Crippen molar-refractivity contribution in [3.63, 3.8) is 0 Å². The molecule has 30 heavy (non-hydrogen) atoms. The summed E-state index contributed by atoms with van der Waals surface area (Å²) >= 11 is 0. The Morgan fingerprint density at radius 1 is 1.13 bits per heavy atom. The second-order valence-electron chi connectivity index (χ2n) is 6.30. The maximum absolute atomic E-state index is 13.2. The third kappa shape index (κ3) is 7.26. The van der Waals surface area contributed by atoms with E-state index >= 15 is 0 Å². The molecule has 0 saturated carbocycles. The smallest absolute Gasteiger partial charge is 0.416 e. The van der Waals surface area contributed by atoms with Crippen molar-refractivity contribution in [1.29, 1.82) is 0 Å². The Labute approximate surface area is 171 Å². The number of carbonyl (C=O) groups is 1. The Hall–Kier alpha value is -3.30. The fraction of sp³-hybridized carbons (Fsp3) is 0.300. The molecule has 2 rings (SSSR count). The third-order valence-electron chi connectivity index (χ3n) is 4.06. The highest BCUT2D eigenvalue weighted by molar-refractivity contribution is 5.79. The minimum absolute atomic E-state index is 0.0848. The minimum atomic E-state index is -4.65. The fourth-order valence-corrected chi connectivity index (χ4v) is 2.60. The van der Waals surface area contributed by atoms with Crippen molar-refractivity contribution in [3.05, 3.63) is 65.0 Å². The fourth-order valence-electron chi connectivity index (χ4n) is 2.60. The molecule has 0 heterocycles. The van der Waals surface area contributed by atoms with Gasteiger partial charge in [0.05, 0.1) is 5.56 Å². The first kappa shape index (κ1) is 23.0. The van der Waals surface area contributed by atoms with Crippen molar-refractivity contribution in [2.24, 2.45) is 10.7 Å². The van der Waals surface area contributed by atoms with Crippen LogP contribution in [0.5, 0.6) is 5.75 Å². The normalized spacial score (nSPS) is 11.8. The van der Waals surface area contributed by atoms with E-state index in [4.69, 9.17) is 10.5 Å². The number of aliphatic imine (C=N–C) groups is 1. The summed E-state index contributed by atoms with van der Waals surface area (Å²) in [5, 5.41) is 5.80. The van der Waals surface area contributed by atoms with Crippen LogP contribution >= 0.6 is 0 Å². The molecule has 0 fully saturated rings. The molecule has 2 aromatic rings. The summed E-state index contributed by atoms with van der Waals surface area (Å²) < 4.78 is 57.6. The van der Waals surface area contributed by atoms with E-state index in [9.17, 15) is 22.4 Å². The molecule has 0 bridgehead atoms. The quantitative estimate of drug-likeness (QED) is 0.344. The van der Waals surface area contributed by atoms with Gasteiger partial charge in [0, 0.05) is 20.1 Å². The predicted molar refractivity (Wildman–Crippen MR) is 104 cm³/mol. The predicted octanol–water partition coefficient (Wildman–Crippen LogP) is 2.62. The summed E-state index contributed by atoms with van der Waals surface area (Å²) in [5.74, 6) is -0.679. The molecule has 0 unspecified atom stereocenters. The van der Waals surface area contributed by atoms with Gasteiger partial charge in [0.25, 0.3) is 5.91 Å². The second kappa shape index (κ2) is 10.5. The molecule has 0 aliphatic carbocycles. The van der Waals surface area contributed by atoms with Crippen LogP contribution in [0.25, 0.3) is 0 Å². The van der Waals surface area contributed by atoms with Crippen LogP contribution in [0.2, 0.25) is 0 Å². The van der Waals surface area contributed by atoms with Crippen molar-refractivity contribution in [2.75, 3.05) is 20.2 Å². The number of halogens is 4. The zero-order valence-electron chi connectivity index (χ0n) is 16.2. The van der Waals surface area contributed by atoms with Crippen molar-refractivity contribution in [2.45, 2.75) is 19.1 Å². The highest BCUT2D eigenvalue weighted by Crippen LogP contribution is 2.32. The van der Waals surface area contributed by atoms with Gasteiger partial charge in [0.1, 0.15) is 11.6 Å². The molecule has 1 amide bonds. The number of amides is 1. The number of primary amides is 1. The summed E-state index contributed by atoms with van der Waals surface area (Å²) in [6, 6.07) is 9.62. The van der Waals surface area contributed by atoms with Crippen LogP contribution in [-0.4, -0.2) is 32.1 Å². The van der Waals surface area contributed by atoms with Crippen LogP contribution in [0.3, 0.4) is 0 Å². The van der Waals surface area contributed by atoms with E-state index in [1.807, 2.05) is 12.1 Å². The lowest BCUT2D eigenvalue weighted by Crippen LogP contribution is -2.38. The summed E-state index contributed by atoms with van der Waals surface area (Å²) in [6.45, 7) is 0.102. The van der Waals surface area contributed by atoms with Crippen LogP contribution in [0, 0.1) is 5.82 Å². The van der Waals surface area contributed by atoms with E-state index in [1.54, 1.807) is 12.1 Å². The molecule has 0 atom stereocenters. The van der Waals surface area contributed by atoms with Gasteiger partial charge in [-0.3, -0.25) is 9.79 Å². The molecule has 2 aromatic carbocycles. The summed E-state index contributed by atoms with van der Waals surface area (Å²) in [5.41, 5.74) is 4.88. The number of nitrogens with two attached hydrogens (primary N) is 1. The molecule has 4 N–H and O–H groups in total. The number of ether oxygens (including phenoxy) is 1. The maximum atomic E-state index is 13.2. The average molecular weight is 426 g/mol. The van der Waals surface area contributed by atoms with E-state index in [0.29, 0.717) is 30.7 Å². The standard InChI is InChI=1S/C20H22F4N4O2/c1-26-19(28-11-14-4-5-15(21)10-17(14)20(22,23)24)27-9-8-13-2-6-16(7-3-13)30-12-18(25)29/h2-7,10H,8-9,11-12H2,1H3,(H2,25,29)(H2,26,27,28). The third-order valence-corrected chi connectivity index (χ3v) is 4.06. The molecule has 162 valence electrons. The molecule has 0 aliphatic rings. The van der Waals surface area contributed by atoms with E-state index in [0.717, 1.165) is 17.7 Å². The Morgan fingerprint density at radius 3 is 2.43 bits per heavy atom. The van der Waals surface area contributed by atoms with Crippen molar-refractivity contribution >= 4 is 11.9 Å². The number of hydrogen-bond donors (Lipinski definition) is 3. The molecule has 6 nitrogen and oxygen atoms in total. The number of nitrogens with zero attached hydrogens (tertiary/aromatic N) is 1. The van der Waals surface area contributed by atoms with Crippen molar-refractivity contribution < 1.29 is 27.1 Å². The molecule has 0 spiro atoms. The van der Waals surface area contributed by atoms with Gasteiger partial charge in [-0.1, -0.05) is 18.2 Å². The summed E-state index contributed by atoms with van der Waals surface area (Å²) in [4.78, 5) is 14.7. The molecule has 10 heteroatoms. The summed E-state index contributed by atoms with van der Waals surface area (Å²) in [7, 11) is 1.50. The number of guanidine groups is 1. The number of nitrogens with one attached hydrogen (secondary N) is 2. The highest BCUT2D eigenvalue weighted by atomic mass is 19.4. The van der Waals surface area contributed by atoms with Crippen LogP contribution in [-0.2, 0) is 23.9 Å². The molecule has 0 aliphatic heterocycles. The first-order valence-electron chi connectivity index (χ1n) is 8.99. The van der Waals surface area contributed by atoms with Crippen molar-refractivity contribution in [3.8, 4) is 5.75 Å². The minimum Gasteiger partial charge on any atom is -0.484 e. The monoisotopic (exact) mass is 426 g/mol. The first-order chi connectivity index (χ1) is 14.2. The molecular weight excluding hydrogens is 404 g/mol. The average Bonchev–Trinajstić information content (AvgIpc) is 2.69. The number of hydrogen-bond acceptors (Lipinski definition) is 3. The number of benzene rings is 2. The zero-order valence-corrected chi connectivity index (χ0v) is 16.2. The lowest BCUT2D eigenvalue weighted by atomic mass is 10.1. The van der Waals surface area contributed by atoms with Crippen LogP contribution in [0.15, 0.2) is 47.5 Å². The SMILES string of the molecule is CN=C(NCCc1ccc(OCC(N)=O)cc1)NCc1ccc(F)cc1C(F)(F)F. The van der Waals surface area contributed by atoms with Crippen molar-refractivity contribution in [1.82, 2.24) is 10.6 Å². The number of alkyl halides is 3. The van der Waals surface area contributed by atoms with Crippen LogP contribution < -0.4 is 21.1 Å². The highest BCUT2D eigenvalue weighted by Gasteiger charge is 2.33. The zero-order chi connectivity index (χ0) is 22.1. The first-order valence-corrected chi connectivity index (χ1v) is 8.99. The molecule has 0 saturated heterocycles. The number of rotatable bonds is 8. The van der Waals surface area contributed by atoms with Gasteiger partial charge >= 0.3 is 6.18 Å². The lowest BCUT2D eigenvalue weighted by molar-refractivity contribution is -0.138. The van der Waals surface area contributed by atoms with Crippen LogP contribution in [0.1, 0.15) is 16.7 Å². The van der Waals surface area contributed by atoms with Gasteiger partial charge in [0.2, 0.25) is 0 Å². The van der Waals surface area contributed by atoms with Gasteiger partial charge in [-0.15, -0.1) is 0 Å². The van der Waals surface area contributed by atoms with E-state index in [-0.39, 0.29) is 18.7 Å². The second-order valence-corrected chi connectivity index (χ2v) is 6.30.